The number of sulfonamides is 1. The molecule has 0 aliphatic heterocycles. The van der Waals surface area contributed by atoms with Crippen LogP contribution in [0.15, 0.2) is 65.6 Å². The molecule has 0 radical (unpaired) electrons. The summed E-state index contributed by atoms with van der Waals surface area (Å²) < 4.78 is 70.0. The zero-order valence-electron chi connectivity index (χ0n) is 25.0. The van der Waals surface area contributed by atoms with Crippen molar-refractivity contribution in [1.29, 1.82) is 0 Å². The van der Waals surface area contributed by atoms with Crippen LogP contribution >= 0.6 is 34.8 Å². The molecule has 0 aliphatic rings. The number of nitrogens with one attached hydrogen (secondary N) is 1. The molecule has 0 heterocycles. The van der Waals surface area contributed by atoms with Crippen LogP contribution in [0.4, 0.5) is 18.9 Å². The number of hydrogen-bond acceptors (Lipinski definition) is 4. The lowest BCUT2D eigenvalue weighted by Crippen LogP contribution is -2.52. The second-order valence-corrected chi connectivity index (χ2v) is 13.9. The summed E-state index contributed by atoms with van der Waals surface area (Å²) in [5, 5.41) is 2.62. The van der Waals surface area contributed by atoms with Crippen LogP contribution in [0.25, 0.3) is 0 Å². The molecule has 0 fully saturated rings. The molecular formula is C31H33Cl3F3N3O4S. The molecule has 244 valence electrons. The van der Waals surface area contributed by atoms with Crippen LogP contribution in [0.1, 0.15) is 43.9 Å². The molecule has 0 spiro atoms. The first-order valence-electron chi connectivity index (χ1n) is 13.9. The van der Waals surface area contributed by atoms with Crippen molar-refractivity contribution in [2.45, 2.75) is 57.8 Å². The maximum Gasteiger partial charge on any atom is 0.417 e. The van der Waals surface area contributed by atoms with E-state index in [1.165, 1.54) is 41.3 Å². The van der Waals surface area contributed by atoms with E-state index in [-0.39, 0.29) is 33.8 Å². The molecule has 3 aromatic carbocycles. The molecule has 0 bridgehead atoms. The van der Waals surface area contributed by atoms with Crippen molar-refractivity contribution in [3.8, 4) is 0 Å². The van der Waals surface area contributed by atoms with E-state index < -0.39 is 56.9 Å². The highest BCUT2D eigenvalue weighted by atomic mass is 35.5. The number of alkyl halides is 3. The highest BCUT2D eigenvalue weighted by molar-refractivity contribution is 7.92. The van der Waals surface area contributed by atoms with E-state index in [1.807, 2.05) is 13.8 Å². The highest BCUT2D eigenvalue weighted by Crippen LogP contribution is 2.38. The summed E-state index contributed by atoms with van der Waals surface area (Å²) in [7, 11) is -4.60. The maximum absolute atomic E-state index is 14.1. The van der Waals surface area contributed by atoms with E-state index in [1.54, 1.807) is 19.9 Å². The SMILES string of the molecule is CC[C@H](C(=O)NCC(C)C)N(Cc1ccc(Cl)c(Cl)c1)C(=O)CN(c1ccc(Cl)c(C(F)(F)F)c1)S(=O)(=O)c1ccc(C)cc1. The molecule has 14 heteroatoms. The number of aryl methyl sites for hydroxylation is 1. The van der Waals surface area contributed by atoms with Crippen molar-refractivity contribution in [2.24, 2.45) is 5.92 Å². The van der Waals surface area contributed by atoms with Gasteiger partial charge >= 0.3 is 6.18 Å². The first-order valence-corrected chi connectivity index (χ1v) is 16.5. The van der Waals surface area contributed by atoms with Gasteiger partial charge in [0.15, 0.2) is 0 Å². The summed E-state index contributed by atoms with van der Waals surface area (Å²) >= 11 is 18.1. The Morgan fingerprint density at radius 3 is 2.09 bits per heavy atom. The molecule has 1 atom stereocenters. The van der Waals surface area contributed by atoms with Gasteiger partial charge < -0.3 is 10.2 Å². The summed E-state index contributed by atoms with van der Waals surface area (Å²) in [5.74, 6) is -1.21. The Balaban J connectivity index is 2.15. The summed E-state index contributed by atoms with van der Waals surface area (Å²) in [6.07, 6.45) is -4.75. The lowest BCUT2D eigenvalue weighted by Gasteiger charge is -2.33. The summed E-state index contributed by atoms with van der Waals surface area (Å²) in [6.45, 7) is 6.45. The van der Waals surface area contributed by atoms with Crippen LogP contribution in [-0.4, -0.2) is 44.3 Å². The highest BCUT2D eigenvalue weighted by Gasteiger charge is 2.37. The van der Waals surface area contributed by atoms with Crippen molar-refractivity contribution in [3.05, 3.63) is 92.4 Å². The Kier molecular flexibility index (Phi) is 12.2. The topological polar surface area (TPSA) is 86.8 Å². The molecule has 3 rings (SSSR count). The summed E-state index contributed by atoms with van der Waals surface area (Å²) in [6, 6.07) is 11.8. The van der Waals surface area contributed by atoms with Crippen molar-refractivity contribution in [2.75, 3.05) is 17.4 Å². The third-order valence-corrected chi connectivity index (χ3v) is 9.70. The van der Waals surface area contributed by atoms with E-state index in [2.05, 4.69) is 5.32 Å². The number of anilines is 1. The molecule has 1 N–H and O–H groups in total. The normalized spacial score (nSPS) is 12.6. The number of halogens is 6. The molecule has 2 amide bonds. The lowest BCUT2D eigenvalue weighted by atomic mass is 10.1. The number of carbonyl (C=O) groups is 2. The van der Waals surface area contributed by atoms with Gasteiger partial charge in [-0.25, -0.2) is 8.42 Å². The molecule has 0 unspecified atom stereocenters. The average Bonchev–Trinajstić information content (AvgIpc) is 2.96. The van der Waals surface area contributed by atoms with Gasteiger partial charge in [-0.15, -0.1) is 0 Å². The van der Waals surface area contributed by atoms with Gasteiger partial charge in [-0.2, -0.15) is 13.2 Å². The van der Waals surface area contributed by atoms with E-state index in [9.17, 15) is 31.2 Å². The van der Waals surface area contributed by atoms with Crippen LogP contribution < -0.4 is 9.62 Å². The molecule has 0 aliphatic carbocycles. The van der Waals surface area contributed by atoms with E-state index in [0.29, 0.717) is 22.5 Å². The van der Waals surface area contributed by atoms with Crippen LogP contribution in [0, 0.1) is 12.8 Å². The zero-order chi connectivity index (χ0) is 33.7. The minimum Gasteiger partial charge on any atom is -0.354 e. The molecular weight excluding hydrogens is 674 g/mol. The number of amides is 2. The minimum absolute atomic E-state index is 0.105. The van der Waals surface area contributed by atoms with Gasteiger partial charge in [0, 0.05) is 13.1 Å². The fourth-order valence-electron chi connectivity index (χ4n) is 4.43. The van der Waals surface area contributed by atoms with Gasteiger partial charge in [-0.1, -0.05) is 79.3 Å². The second kappa shape index (κ2) is 15.1. The molecule has 0 aromatic heterocycles. The Bertz CT molecular complexity index is 1640. The van der Waals surface area contributed by atoms with E-state index >= 15 is 0 Å². The Morgan fingerprint density at radius 2 is 1.53 bits per heavy atom. The minimum atomic E-state index is -4.90. The second-order valence-electron chi connectivity index (χ2n) is 10.8. The quantitative estimate of drug-likeness (QED) is 0.209. The van der Waals surface area contributed by atoms with Crippen molar-refractivity contribution < 1.29 is 31.2 Å². The molecule has 0 saturated heterocycles. The molecule has 45 heavy (non-hydrogen) atoms. The number of benzene rings is 3. The summed E-state index contributed by atoms with van der Waals surface area (Å²) in [5.41, 5.74) is -0.474. The zero-order valence-corrected chi connectivity index (χ0v) is 28.0. The number of hydrogen-bond donors (Lipinski definition) is 1. The number of carbonyl (C=O) groups excluding carboxylic acids is 2. The van der Waals surface area contributed by atoms with E-state index in [0.717, 1.165) is 17.7 Å². The average molecular weight is 707 g/mol. The first-order chi connectivity index (χ1) is 20.9. The monoisotopic (exact) mass is 705 g/mol. The van der Waals surface area contributed by atoms with Gasteiger partial charge in [0.1, 0.15) is 12.6 Å². The number of nitrogens with zero attached hydrogens (tertiary/aromatic N) is 2. The van der Waals surface area contributed by atoms with Crippen LogP contribution in [0.2, 0.25) is 15.1 Å². The standard InChI is InChI=1S/C31H33Cl3F3N3O4S/c1-5-28(30(42)38-16-19(2)3)39(17-21-8-12-26(33)27(34)14-21)29(41)18-40(45(43,44)23-10-6-20(4)7-11-23)22-9-13-25(32)24(15-22)31(35,36)37/h6-15,19,28H,5,16-18H2,1-4H3,(H,38,42)/t28-/m1/s1. The van der Waals surface area contributed by atoms with Gasteiger partial charge in [-0.05, 0) is 67.3 Å². The van der Waals surface area contributed by atoms with Crippen LogP contribution in [0.3, 0.4) is 0 Å². The first kappa shape index (κ1) is 36.5. The van der Waals surface area contributed by atoms with Gasteiger partial charge in [0.05, 0.1) is 31.2 Å². The smallest absolute Gasteiger partial charge is 0.354 e. The Morgan fingerprint density at radius 1 is 0.911 bits per heavy atom. The predicted octanol–water partition coefficient (Wildman–Crippen LogP) is 7.75. The fraction of sp³-hybridized carbons (Fsp3) is 0.355. The van der Waals surface area contributed by atoms with Gasteiger partial charge in [0.2, 0.25) is 11.8 Å². The molecule has 7 nitrogen and oxygen atoms in total. The van der Waals surface area contributed by atoms with Crippen LogP contribution in [0.5, 0.6) is 0 Å². The maximum atomic E-state index is 14.1. The third kappa shape index (κ3) is 9.28. The fourth-order valence-corrected chi connectivity index (χ4v) is 6.38. The van der Waals surface area contributed by atoms with Crippen molar-refractivity contribution in [3.63, 3.8) is 0 Å². The molecule has 0 saturated carbocycles. The predicted molar refractivity (Wildman–Crippen MR) is 171 cm³/mol. The van der Waals surface area contributed by atoms with Crippen molar-refractivity contribution in [1.82, 2.24) is 10.2 Å². The summed E-state index contributed by atoms with van der Waals surface area (Å²) in [4.78, 5) is 28.4. The van der Waals surface area contributed by atoms with Crippen molar-refractivity contribution >= 4 is 62.3 Å². The van der Waals surface area contributed by atoms with Crippen LogP contribution in [-0.2, 0) is 32.3 Å². The number of rotatable bonds is 12. The van der Waals surface area contributed by atoms with Gasteiger partial charge in [-0.3, -0.25) is 13.9 Å². The van der Waals surface area contributed by atoms with E-state index in [4.69, 9.17) is 34.8 Å². The molecule has 3 aromatic rings. The third-order valence-electron chi connectivity index (χ3n) is 6.84. The lowest BCUT2D eigenvalue weighted by molar-refractivity contribution is -0.140. The van der Waals surface area contributed by atoms with Gasteiger partial charge in [0.25, 0.3) is 10.0 Å². The Labute approximate surface area is 276 Å². The Hall–Kier alpha value is -2.99. The largest absolute Gasteiger partial charge is 0.417 e.